The second kappa shape index (κ2) is 9.89. The van der Waals surface area contributed by atoms with Crippen LogP contribution in [0.25, 0.3) is 0 Å². The summed E-state index contributed by atoms with van der Waals surface area (Å²) in [5.41, 5.74) is 2.00. The maximum absolute atomic E-state index is 12.5. The lowest BCUT2D eigenvalue weighted by Gasteiger charge is -2.32. The van der Waals surface area contributed by atoms with Gasteiger partial charge in [0.1, 0.15) is 0 Å². The van der Waals surface area contributed by atoms with Gasteiger partial charge in [-0.1, -0.05) is 0 Å². The summed E-state index contributed by atoms with van der Waals surface area (Å²) < 4.78 is 5.22. The molecule has 9 nitrogen and oxygen atoms in total. The van der Waals surface area contributed by atoms with E-state index in [4.69, 9.17) is 4.42 Å². The molecule has 33 heavy (non-hydrogen) atoms. The summed E-state index contributed by atoms with van der Waals surface area (Å²) in [6.07, 6.45) is 4.17. The van der Waals surface area contributed by atoms with E-state index in [-0.39, 0.29) is 36.2 Å². The van der Waals surface area contributed by atoms with Gasteiger partial charge >= 0.3 is 0 Å². The Hall–Kier alpha value is -3.62. The highest BCUT2D eigenvalue weighted by molar-refractivity contribution is 5.98. The van der Waals surface area contributed by atoms with Crippen molar-refractivity contribution in [1.29, 1.82) is 0 Å². The number of aryl methyl sites for hydroxylation is 1. The van der Waals surface area contributed by atoms with E-state index in [1.165, 1.54) is 6.26 Å². The molecule has 4 amide bonds. The molecule has 1 aromatic carbocycles. The minimum atomic E-state index is -0.335. The molecule has 2 saturated heterocycles. The van der Waals surface area contributed by atoms with Crippen LogP contribution in [-0.2, 0) is 9.59 Å². The molecule has 0 saturated carbocycles. The number of hydrogen-bond donors (Lipinski definition) is 2. The molecule has 2 N–H and O–H groups in total. The number of likely N-dealkylation sites (tertiary alicyclic amines) is 1. The van der Waals surface area contributed by atoms with Crippen LogP contribution in [0.15, 0.2) is 41.0 Å². The topological polar surface area (TPSA) is 112 Å². The molecule has 2 aliphatic heterocycles. The van der Waals surface area contributed by atoms with Crippen molar-refractivity contribution in [3.8, 4) is 0 Å². The highest BCUT2D eigenvalue weighted by Gasteiger charge is 2.26. The highest BCUT2D eigenvalue weighted by Crippen LogP contribution is 2.21. The lowest BCUT2D eigenvalue weighted by Crippen LogP contribution is -2.49. The van der Waals surface area contributed by atoms with Crippen LogP contribution in [0.1, 0.15) is 52.2 Å². The first-order valence-electron chi connectivity index (χ1n) is 11.2. The maximum Gasteiger partial charge on any atom is 0.287 e. The molecule has 0 unspecified atom stereocenters. The van der Waals surface area contributed by atoms with E-state index in [1.807, 2.05) is 6.92 Å². The molecule has 0 atom stereocenters. The van der Waals surface area contributed by atoms with E-state index >= 15 is 0 Å². The van der Waals surface area contributed by atoms with Crippen molar-refractivity contribution in [2.24, 2.45) is 0 Å². The van der Waals surface area contributed by atoms with Crippen molar-refractivity contribution < 1.29 is 23.6 Å². The number of furan rings is 1. The lowest BCUT2D eigenvalue weighted by atomic mass is 10.0. The molecule has 3 heterocycles. The zero-order valence-corrected chi connectivity index (χ0v) is 18.6. The van der Waals surface area contributed by atoms with Crippen LogP contribution in [0, 0.1) is 6.92 Å². The van der Waals surface area contributed by atoms with Crippen molar-refractivity contribution in [2.75, 3.05) is 31.1 Å². The van der Waals surface area contributed by atoms with Gasteiger partial charge in [0.15, 0.2) is 5.76 Å². The molecule has 0 spiro atoms. The molecule has 1 aromatic heterocycles. The van der Waals surface area contributed by atoms with Gasteiger partial charge < -0.3 is 24.9 Å². The van der Waals surface area contributed by atoms with E-state index in [0.717, 1.165) is 17.7 Å². The Labute approximate surface area is 192 Å². The summed E-state index contributed by atoms with van der Waals surface area (Å²) in [5.74, 6) is -0.323. The molecular formula is C24H28N4O5. The predicted molar refractivity (Wildman–Crippen MR) is 121 cm³/mol. The Bertz CT molecular complexity index is 1040. The van der Waals surface area contributed by atoms with E-state index in [1.54, 1.807) is 40.1 Å². The average molecular weight is 453 g/mol. The van der Waals surface area contributed by atoms with E-state index in [0.29, 0.717) is 50.2 Å². The van der Waals surface area contributed by atoms with E-state index in [2.05, 4.69) is 10.6 Å². The summed E-state index contributed by atoms with van der Waals surface area (Å²) in [5, 5.41) is 5.62. The molecule has 0 radical (unpaired) electrons. The van der Waals surface area contributed by atoms with Gasteiger partial charge in [0.25, 0.3) is 11.8 Å². The summed E-state index contributed by atoms with van der Waals surface area (Å²) in [4.78, 5) is 52.5. The molecule has 9 heteroatoms. The third-order valence-electron chi connectivity index (χ3n) is 6.17. The van der Waals surface area contributed by atoms with Crippen molar-refractivity contribution in [1.82, 2.24) is 15.5 Å². The Morgan fingerprint density at radius 3 is 2.36 bits per heavy atom. The molecule has 174 valence electrons. The summed E-state index contributed by atoms with van der Waals surface area (Å²) >= 11 is 0. The summed E-state index contributed by atoms with van der Waals surface area (Å²) in [6.45, 7) is 3.44. The fourth-order valence-corrected chi connectivity index (χ4v) is 4.21. The average Bonchev–Trinajstić information content (AvgIpc) is 3.45. The van der Waals surface area contributed by atoms with Crippen molar-refractivity contribution in [3.63, 3.8) is 0 Å². The van der Waals surface area contributed by atoms with Crippen LogP contribution in [0.5, 0.6) is 0 Å². The first kappa shape index (κ1) is 22.6. The molecule has 2 aromatic rings. The van der Waals surface area contributed by atoms with Gasteiger partial charge in [-0.05, 0) is 56.5 Å². The third kappa shape index (κ3) is 5.24. The van der Waals surface area contributed by atoms with Crippen LogP contribution < -0.4 is 15.5 Å². The van der Waals surface area contributed by atoms with E-state index < -0.39 is 0 Å². The third-order valence-corrected chi connectivity index (χ3v) is 6.17. The highest BCUT2D eigenvalue weighted by atomic mass is 16.3. The van der Waals surface area contributed by atoms with Gasteiger partial charge in [-0.3, -0.25) is 19.2 Å². The molecule has 2 fully saturated rings. The predicted octanol–water partition coefficient (Wildman–Crippen LogP) is 1.87. The van der Waals surface area contributed by atoms with Crippen LogP contribution in [0.4, 0.5) is 5.69 Å². The quantitative estimate of drug-likeness (QED) is 0.695. The monoisotopic (exact) mass is 452 g/mol. The molecular weight excluding hydrogens is 424 g/mol. The van der Waals surface area contributed by atoms with Gasteiger partial charge in [0.05, 0.1) is 12.8 Å². The summed E-state index contributed by atoms with van der Waals surface area (Å²) in [7, 11) is 0. The number of hydrogen-bond acceptors (Lipinski definition) is 5. The zero-order chi connectivity index (χ0) is 23.4. The van der Waals surface area contributed by atoms with Gasteiger partial charge in [0, 0.05) is 48.9 Å². The number of benzene rings is 1. The van der Waals surface area contributed by atoms with Gasteiger partial charge in [-0.25, -0.2) is 0 Å². The number of carbonyl (C=O) groups is 4. The molecule has 0 aliphatic carbocycles. The Morgan fingerprint density at radius 2 is 1.76 bits per heavy atom. The van der Waals surface area contributed by atoms with Gasteiger partial charge in [-0.2, -0.15) is 0 Å². The smallest absolute Gasteiger partial charge is 0.287 e. The first-order valence-corrected chi connectivity index (χ1v) is 11.2. The van der Waals surface area contributed by atoms with Crippen LogP contribution in [0.3, 0.4) is 0 Å². The van der Waals surface area contributed by atoms with Crippen LogP contribution in [-0.4, -0.2) is 60.7 Å². The number of nitrogens with one attached hydrogen (secondary N) is 2. The minimum Gasteiger partial charge on any atom is -0.459 e. The normalized spacial score (nSPS) is 16.7. The molecule has 2 aliphatic rings. The number of carbonyl (C=O) groups excluding carboxylic acids is 4. The molecule has 4 rings (SSSR count). The number of amides is 4. The van der Waals surface area contributed by atoms with Crippen molar-refractivity contribution in [3.05, 3.63) is 53.5 Å². The van der Waals surface area contributed by atoms with E-state index in [9.17, 15) is 19.2 Å². The van der Waals surface area contributed by atoms with Gasteiger partial charge in [-0.15, -0.1) is 0 Å². The SMILES string of the molecule is Cc1ccoc1C(=O)NC1CCN(C(=O)CNC(=O)c2ccc(N3CCCC3=O)cc2)CC1. The second-order valence-electron chi connectivity index (χ2n) is 8.44. The first-order chi connectivity index (χ1) is 15.9. The number of piperidine rings is 1. The Balaban J connectivity index is 1.21. The molecule has 0 bridgehead atoms. The maximum atomic E-state index is 12.5. The summed E-state index contributed by atoms with van der Waals surface area (Å²) in [6, 6.07) is 8.55. The van der Waals surface area contributed by atoms with Crippen LogP contribution in [0.2, 0.25) is 0 Å². The standard InChI is InChI=1S/C24H28N4O5/c1-16-10-14-33-22(16)24(32)26-18-8-12-27(13-9-18)21(30)15-25-23(31)17-4-6-19(7-5-17)28-11-2-3-20(28)29/h4-7,10,14,18H,2-3,8-9,11-13,15H2,1H3,(H,25,31)(H,26,32). The fraction of sp³-hybridized carbons (Fsp3) is 0.417. The largest absolute Gasteiger partial charge is 0.459 e. The second-order valence-corrected chi connectivity index (χ2v) is 8.44. The van der Waals surface area contributed by atoms with Gasteiger partial charge in [0.2, 0.25) is 11.8 Å². The minimum absolute atomic E-state index is 0.0263. The fourth-order valence-electron chi connectivity index (χ4n) is 4.21. The number of nitrogens with zero attached hydrogens (tertiary/aromatic N) is 2. The van der Waals surface area contributed by atoms with Crippen molar-refractivity contribution in [2.45, 2.75) is 38.6 Å². The zero-order valence-electron chi connectivity index (χ0n) is 18.6. The number of rotatable bonds is 6. The Kier molecular flexibility index (Phi) is 6.76. The van der Waals surface area contributed by atoms with Crippen LogP contribution >= 0.6 is 0 Å². The Morgan fingerprint density at radius 1 is 1.03 bits per heavy atom. The number of anilines is 1. The van der Waals surface area contributed by atoms with Crippen molar-refractivity contribution >= 4 is 29.3 Å². The lowest BCUT2D eigenvalue weighted by molar-refractivity contribution is -0.131.